The van der Waals surface area contributed by atoms with Gasteiger partial charge in [0.1, 0.15) is 11.0 Å². The molecule has 1 saturated heterocycles. The van der Waals surface area contributed by atoms with E-state index in [4.69, 9.17) is 10.5 Å². The lowest BCUT2D eigenvalue weighted by Crippen LogP contribution is -2.48. The number of urea groups is 1. The number of piperidine rings is 1. The number of hydrogen-bond donors (Lipinski definition) is 2. The van der Waals surface area contributed by atoms with E-state index in [2.05, 4.69) is 11.4 Å². The van der Waals surface area contributed by atoms with E-state index in [-0.39, 0.29) is 6.03 Å². The minimum Gasteiger partial charge on any atom is -0.497 e. The number of hydrogen-bond acceptors (Lipinski definition) is 6. The zero-order valence-electron chi connectivity index (χ0n) is 15.1. The summed E-state index contributed by atoms with van der Waals surface area (Å²) in [6.45, 7) is 1.31. The number of nitrogens with one attached hydrogen (secondary N) is 1. The summed E-state index contributed by atoms with van der Waals surface area (Å²) in [4.78, 5) is 26.9. The third-order valence-electron chi connectivity index (χ3n) is 4.86. The Balaban J connectivity index is 1.79. The van der Waals surface area contributed by atoms with Crippen LogP contribution in [0.1, 0.15) is 30.7 Å². The number of ether oxygens (including phenoxy) is 1. The summed E-state index contributed by atoms with van der Waals surface area (Å²) in [6, 6.07) is 8.92. The molecule has 3 N–H and O–H groups in total. The third-order valence-corrected chi connectivity index (χ3v) is 6.07. The van der Waals surface area contributed by atoms with Crippen LogP contribution in [0.5, 0.6) is 5.75 Å². The Morgan fingerprint density at radius 2 is 1.93 bits per heavy atom. The minimum atomic E-state index is -0.665. The van der Waals surface area contributed by atoms with E-state index in [1.807, 2.05) is 12.1 Å². The van der Waals surface area contributed by atoms with Gasteiger partial charge in [-0.2, -0.15) is 5.26 Å². The van der Waals surface area contributed by atoms with Gasteiger partial charge >= 0.3 is 6.03 Å². The number of nitrogens with zero attached hydrogens (tertiary/aromatic N) is 2. The second kappa shape index (κ2) is 8.35. The first-order valence-corrected chi connectivity index (χ1v) is 9.73. The van der Waals surface area contributed by atoms with E-state index in [1.165, 1.54) is 0 Å². The highest BCUT2D eigenvalue weighted by molar-refractivity contribution is 8.04. The Kier molecular flexibility index (Phi) is 5.91. The topological polar surface area (TPSA) is 108 Å². The van der Waals surface area contributed by atoms with Crippen LogP contribution in [-0.4, -0.2) is 42.3 Å². The molecule has 1 fully saturated rings. The molecule has 0 bridgehead atoms. The molecule has 1 aromatic carbocycles. The molecule has 2 atom stereocenters. The summed E-state index contributed by atoms with van der Waals surface area (Å²) in [5.74, 6) is -0.245. The number of benzene rings is 1. The number of methoxy groups -OCH3 is 1. The molecule has 2 aliphatic heterocycles. The Labute approximate surface area is 162 Å². The Bertz CT molecular complexity index is 794. The van der Waals surface area contributed by atoms with Gasteiger partial charge in [0, 0.05) is 19.0 Å². The third kappa shape index (κ3) is 4.03. The highest BCUT2D eigenvalue weighted by Crippen LogP contribution is 2.45. The molecule has 0 saturated carbocycles. The molecule has 2 heterocycles. The molecular weight excluding hydrogens is 364 g/mol. The SMILES string of the molecule is COc1ccc(C2C(C#N)=C(N)SC2C(=O)NC(=O)N2CCCCC2)cc1. The quantitative estimate of drug-likeness (QED) is 0.825. The number of amides is 3. The summed E-state index contributed by atoms with van der Waals surface area (Å²) >= 11 is 1.13. The summed E-state index contributed by atoms with van der Waals surface area (Å²) in [5.41, 5.74) is 7.14. The molecule has 1 aromatic rings. The molecule has 7 nitrogen and oxygen atoms in total. The van der Waals surface area contributed by atoms with Crippen LogP contribution in [0.15, 0.2) is 34.9 Å². The van der Waals surface area contributed by atoms with Gasteiger partial charge in [0.15, 0.2) is 0 Å². The second-order valence-electron chi connectivity index (χ2n) is 6.52. The molecule has 8 heteroatoms. The molecule has 2 unspecified atom stereocenters. The molecule has 0 radical (unpaired) electrons. The number of imide groups is 1. The summed E-state index contributed by atoms with van der Waals surface area (Å²) in [7, 11) is 1.57. The molecule has 0 spiro atoms. The van der Waals surface area contributed by atoms with Crippen LogP contribution in [-0.2, 0) is 4.79 Å². The number of carbonyl (C=O) groups excluding carboxylic acids is 2. The van der Waals surface area contributed by atoms with E-state index in [9.17, 15) is 14.9 Å². The van der Waals surface area contributed by atoms with Crippen molar-refractivity contribution in [3.8, 4) is 11.8 Å². The lowest BCUT2D eigenvalue weighted by molar-refractivity contribution is -0.119. The van der Waals surface area contributed by atoms with Gasteiger partial charge in [-0.05, 0) is 37.0 Å². The maximum Gasteiger partial charge on any atom is 0.324 e. The fourth-order valence-corrected chi connectivity index (χ4v) is 4.58. The van der Waals surface area contributed by atoms with Crippen molar-refractivity contribution < 1.29 is 14.3 Å². The Hall–Kier alpha value is -2.66. The molecule has 142 valence electrons. The number of nitrogens with two attached hydrogens (primary N) is 1. The normalized spacial score (nSPS) is 22.3. The molecule has 2 aliphatic rings. The van der Waals surface area contributed by atoms with Crippen LogP contribution < -0.4 is 15.8 Å². The number of rotatable bonds is 3. The second-order valence-corrected chi connectivity index (χ2v) is 7.70. The first-order valence-electron chi connectivity index (χ1n) is 8.85. The van der Waals surface area contributed by atoms with Crippen molar-refractivity contribution in [2.24, 2.45) is 5.73 Å². The largest absolute Gasteiger partial charge is 0.497 e. The van der Waals surface area contributed by atoms with Crippen molar-refractivity contribution in [2.75, 3.05) is 20.2 Å². The van der Waals surface area contributed by atoms with Gasteiger partial charge in [-0.3, -0.25) is 10.1 Å². The van der Waals surface area contributed by atoms with Crippen molar-refractivity contribution in [2.45, 2.75) is 30.4 Å². The van der Waals surface area contributed by atoms with Crippen molar-refractivity contribution in [1.82, 2.24) is 10.2 Å². The van der Waals surface area contributed by atoms with Gasteiger partial charge in [-0.15, -0.1) is 0 Å². The lowest BCUT2D eigenvalue weighted by Gasteiger charge is -2.27. The summed E-state index contributed by atoms with van der Waals surface area (Å²) in [6.07, 6.45) is 2.99. The average molecular weight is 386 g/mol. The van der Waals surface area contributed by atoms with Gasteiger partial charge in [-0.1, -0.05) is 23.9 Å². The van der Waals surface area contributed by atoms with Gasteiger partial charge in [0.25, 0.3) is 0 Å². The number of thioether (sulfide) groups is 1. The maximum absolute atomic E-state index is 12.8. The van der Waals surface area contributed by atoms with E-state index in [0.29, 0.717) is 29.4 Å². The minimum absolute atomic E-state index is 0.323. The summed E-state index contributed by atoms with van der Waals surface area (Å²) in [5, 5.41) is 11.7. The molecular formula is C19H22N4O3S. The molecule has 3 amide bonds. The van der Waals surface area contributed by atoms with Gasteiger partial charge < -0.3 is 15.4 Å². The van der Waals surface area contributed by atoms with Crippen LogP contribution in [0.3, 0.4) is 0 Å². The first kappa shape index (κ1) is 19.1. The highest BCUT2D eigenvalue weighted by atomic mass is 32.2. The summed E-state index contributed by atoms with van der Waals surface area (Å²) < 4.78 is 5.16. The van der Waals surface area contributed by atoms with Crippen molar-refractivity contribution in [3.63, 3.8) is 0 Å². The van der Waals surface area contributed by atoms with Crippen molar-refractivity contribution in [3.05, 3.63) is 40.4 Å². The fraction of sp³-hybridized carbons (Fsp3) is 0.421. The zero-order chi connectivity index (χ0) is 19.4. The zero-order valence-corrected chi connectivity index (χ0v) is 15.9. The number of allylic oxidation sites excluding steroid dienone is 1. The number of nitriles is 1. The lowest BCUT2D eigenvalue weighted by atomic mass is 9.88. The van der Waals surface area contributed by atoms with Crippen LogP contribution in [0, 0.1) is 11.3 Å². The monoisotopic (exact) mass is 386 g/mol. The maximum atomic E-state index is 12.8. The molecule has 27 heavy (non-hydrogen) atoms. The van der Waals surface area contributed by atoms with E-state index in [1.54, 1.807) is 24.1 Å². The number of likely N-dealkylation sites (tertiary alicyclic amines) is 1. The van der Waals surface area contributed by atoms with E-state index >= 15 is 0 Å². The first-order chi connectivity index (χ1) is 13.0. The van der Waals surface area contributed by atoms with Crippen molar-refractivity contribution in [1.29, 1.82) is 5.26 Å². The highest BCUT2D eigenvalue weighted by Gasteiger charge is 2.41. The molecule has 3 rings (SSSR count). The van der Waals surface area contributed by atoms with Gasteiger partial charge in [0.2, 0.25) is 5.91 Å². The van der Waals surface area contributed by atoms with Crippen LogP contribution in [0.25, 0.3) is 0 Å². The van der Waals surface area contributed by atoms with E-state index < -0.39 is 17.1 Å². The standard InChI is InChI=1S/C19H22N4O3S/c1-26-13-7-5-12(6-8-13)15-14(11-20)17(21)27-16(15)18(24)22-19(25)23-9-3-2-4-10-23/h5-8,15-16H,2-4,9-10,21H2,1H3,(H,22,24,25). The van der Waals surface area contributed by atoms with Crippen LogP contribution >= 0.6 is 11.8 Å². The van der Waals surface area contributed by atoms with Gasteiger partial charge in [0.05, 0.1) is 23.8 Å². The Morgan fingerprint density at radius 3 is 2.52 bits per heavy atom. The van der Waals surface area contributed by atoms with E-state index in [0.717, 1.165) is 36.6 Å². The van der Waals surface area contributed by atoms with Crippen LogP contribution in [0.4, 0.5) is 4.79 Å². The fourth-order valence-electron chi connectivity index (χ4n) is 3.41. The predicted octanol–water partition coefficient (Wildman–Crippen LogP) is 2.31. The molecule has 0 aliphatic carbocycles. The molecule has 0 aromatic heterocycles. The Morgan fingerprint density at radius 1 is 1.26 bits per heavy atom. The number of carbonyl (C=O) groups is 2. The smallest absolute Gasteiger partial charge is 0.324 e. The predicted molar refractivity (Wildman–Crippen MR) is 103 cm³/mol. The average Bonchev–Trinajstić information content (AvgIpc) is 3.05. The van der Waals surface area contributed by atoms with Gasteiger partial charge in [-0.25, -0.2) is 4.79 Å². The van der Waals surface area contributed by atoms with Crippen LogP contribution in [0.2, 0.25) is 0 Å². The van der Waals surface area contributed by atoms with Crippen molar-refractivity contribution >= 4 is 23.7 Å².